The van der Waals surface area contributed by atoms with Crippen LogP contribution in [0.25, 0.3) is 0 Å². The maximum atomic E-state index is 12.3. The Labute approximate surface area is 146 Å². The van der Waals surface area contributed by atoms with E-state index >= 15 is 0 Å². The second-order valence-corrected chi connectivity index (χ2v) is 6.14. The molecular formula is C17H19Cl2N3O. The van der Waals surface area contributed by atoms with E-state index in [4.69, 9.17) is 23.2 Å². The average molecular weight is 352 g/mol. The Morgan fingerprint density at radius 1 is 1.35 bits per heavy atom. The summed E-state index contributed by atoms with van der Waals surface area (Å²) in [7, 11) is 1.75. The fraction of sp³-hybridized carbons (Fsp3) is 0.294. The number of nitrogens with one attached hydrogen (secondary N) is 1. The van der Waals surface area contributed by atoms with E-state index in [-0.39, 0.29) is 12.1 Å². The monoisotopic (exact) mass is 351 g/mol. The zero-order valence-corrected chi connectivity index (χ0v) is 14.6. The van der Waals surface area contributed by atoms with E-state index in [1.54, 1.807) is 36.5 Å². The van der Waals surface area contributed by atoms with Crippen molar-refractivity contribution in [1.82, 2.24) is 15.2 Å². The van der Waals surface area contributed by atoms with Gasteiger partial charge in [0.25, 0.3) is 0 Å². The van der Waals surface area contributed by atoms with Crippen LogP contribution in [-0.4, -0.2) is 29.5 Å². The van der Waals surface area contributed by atoms with Gasteiger partial charge in [0.2, 0.25) is 0 Å². The highest BCUT2D eigenvalue weighted by Crippen LogP contribution is 2.28. The quantitative estimate of drug-likeness (QED) is 0.870. The predicted octanol–water partition coefficient (Wildman–Crippen LogP) is 4.33. The van der Waals surface area contributed by atoms with Crippen molar-refractivity contribution in [3.63, 3.8) is 0 Å². The van der Waals surface area contributed by atoms with Gasteiger partial charge in [0, 0.05) is 36.0 Å². The van der Waals surface area contributed by atoms with Crippen LogP contribution in [0.2, 0.25) is 10.0 Å². The highest BCUT2D eigenvalue weighted by Gasteiger charge is 2.19. The lowest BCUT2D eigenvalue weighted by Crippen LogP contribution is -2.39. The molecule has 6 heteroatoms. The first kappa shape index (κ1) is 17.6. The number of benzene rings is 1. The minimum atomic E-state index is -0.154. The van der Waals surface area contributed by atoms with Gasteiger partial charge in [0.05, 0.1) is 6.04 Å². The Kier molecular flexibility index (Phi) is 6.25. The fourth-order valence-corrected chi connectivity index (χ4v) is 2.78. The number of aromatic nitrogens is 1. The highest BCUT2D eigenvalue weighted by atomic mass is 35.5. The number of nitrogens with zero attached hydrogens (tertiary/aromatic N) is 2. The van der Waals surface area contributed by atoms with Crippen LogP contribution in [0, 0.1) is 0 Å². The van der Waals surface area contributed by atoms with E-state index in [0.717, 1.165) is 17.5 Å². The summed E-state index contributed by atoms with van der Waals surface area (Å²) >= 11 is 12.1. The van der Waals surface area contributed by atoms with Crippen LogP contribution in [0.15, 0.2) is 42.7 Å². The first-order chi connectivity index (χ1) is 11.0. The summed E-state index contributed by atoms with van der Waals surface area (Å²) in [6.07, 6.45) is 4.27. The molecule has 0 fully saturated rings. The van der Waals surface area contributed by atoms with Crippen LogP contribution in [0.4, 0.5) is 4.79 Å². The standard InChI is InChI=1S/C17H19Cl2N3O/c1-12(15-6-5-14(18)10-16(15)19)22(2)17(23)21-9-7-13-4-3-8-20-11-13/h3-6,8,10-12H,7,9H2,1-2H3,(H,21,23). The van der Waals surface area contributed by atoms with Gasteiger partial charge in [0.1, 0.15) is 0 Å². The number of hydrogen-bond donors (Lipinski definition) is 1. The number of amides is 2. The van der Waals surface area contributed by atoms with Gasteiger partial charge in [-0.15, -0.1) is 0 Å². The van der Waals surface area contributed by atoms with Crippen molar-refractivity contribution in [2.24, 2.45) is 0 Å². The van der Waals surface area contributed by atoms with Gasteiger partial charge in [-0.25, -0.2) is 4.79 Å². The highest BCUT2D eigenvalue weighted by molar-refractivity contribution is 6.35. The van der Waals surface area contributed by atoms with Crippen LogP contribution in [0.5, 0.6) is 0 Å². The lowest BCUT2D eigenvalue weighted by Gasteiger charge is -2.26. The van der Waals surface area contributed by atoms with Crippen molar-refractivity contribution in [3.8, 4) is 0 Å². The number of carbonyl (C=O) groups excluding carboxylic acids is 1. The summed E-state index contributed by atoms with van der Waals surface area (Å²) in [5.41, 5.74) is 1.95. The Morgan fingerprint density at radius 2 is 2.13 bits per heavy atom. The molecule has 2 amide bonds. The molecule has 1 N–H and O–H groups in total. The third-order valence-electron chi connectivity index (χ3n) is 3.73. The third kappa shape index (κ3) is 4.85. The Balaban J connectivity index is 1.91. The molecule has 4 nitrogen and oxygen atoms in total. The molecule has 0 spiro atoms. The Bertz CT molecular complexity index is 664. The van der Waals surface area contributed by atoms with E-state index in [1.165, 1.54) is 0 Å². The van der Waals surface area contributed by atoms with Crippen LogP contribution in [-0.2, 0) is 6.42 Å². The van der Waals surface area contributed by atoms with Gasteiger partial charge in [-0.05, 0) is 42.7 Å². The molecular weight excluding hydrogens is 333 g/mol. The summed E-state index contributed by atoms with van der Waals surface area (Å²) < 4.78 is 0. The Morgan fingerprint density at radius 3 is 2.78 bits per heavy atom. The second-order valence-electron chi connectivity index (χ2n) is 5.30. The fourth-order valence-electron chi connectivity index (χ4n) is 2.21. The number of halogens is 2. The number of urea groups is 1. The van der Waals surface area contributed by atoms with Gasteiger partial charge in [-0.1, -0.05) is 35.3 Å². The van der Waals surface area contributed by atoms with Crippen LogP contribution in [0.1, 0.15) is 24.1 Å². The predicted molar refractivity (Wildman–Crippen MR) is 94.0 cm³/mol. The minimum absolute atomic E-state index is 0.146. The van der Waals surface area contributed by atoms with Gasteiger partial charge in [0.15, 0.2) is 0 Å². The van der Waals surface area contributed by atoms with Crippen molar-refractivity contribution in [1.29, 1.82) is 0 Å². The maximum Gasteiger partial charge on any atom is 0.317 e. The SMILES string of the molecule is CC(c1ccc(Cl)cc1Cl)N(C)C(=O)NCCc1cccnc1. The molecule has 1 atom stereocenters. The molecule has 0 aliphatic rings. The average Bonchev–Trinajstić information content (AvgIpc) is 2.54. The number of pyridine rings is 1. The second kappa shape index (κ2) is 8.18. The molecule has 0 saturated heterocycles. The number of carbonyl (C=O) groups is 1. The van der Waals surface area contributed by atoms with Gasteiger partial charge in [-0.3, -0.25) is 4.98 Å². The van der Waals surface area contributed by atoms with Crippen molar-refractivity contribution in [3.05, 3.63) is 63.9 Å². The smallest absolute Gasteiger partial charge is 0.317 e. The van der Waals surface area contributed by atoms with Crippen molar-refractivity contribution in [2.45, 2.75) is 19.4 Å². The maximum absolute atomic E-state index is 12.3. The molecule has 0 bridgehead atoms. The molecule has 23 heavy (non-hydrogen) atoms. The van der Waals surface area contributed by atoms with Gasteiger partial charge >= 0.3 is 6.03 Å². The topological polar surface area (TPSA) is 45.2 Å². The zero-order chi connectivity index (χ0) is 16.8. The van der Waals surface area contributed by atoms with Crippen molar-refractivity contribution >= 4 is 29.2 Å². The van der Waals surface area contributed by atoms with Crippen LogP contribution in [0.3, 0.4) is 0 Å². The molecule has 2 aromatic rings. The normalized spacial score (nSPS) is 11.8. The molecule has 1 aromatic carbocycles. The molecule has 1 aromatic heterocycles. The molecule has 1 heterocycles. The van der Waals surface area contributed by atoms with Crippen molar-refractivity contribution < 1.29 is 4.79 Å². The minimum Gasteiger partial charge on any atom is -0.338 e. The molecule has 0 aliphatic heterocycles. The molecule has 122 valence electrons. The van der Waals surface area contributed by atoms with Crippen molar-refractivity contribution in [2.75, 3.05) is 13.6 Å². The summed E-state index contributed by atoms with van der Waals surface area (Å²) in [6.45, 7) is 2.48. The van der Waals surface area contributed by atoms with E-state index in [0.29, 0.717) is 16.6 Å². The van der Waals surface area contributed by atoms with Crippen LogP contribution >= 0.6 is 23.2 Å². The lowest BCUT2D eigenvalue weighted by molar-refractivity contribution is 0.194. The summed E-state index contributed by atoms with van der Waals surface area (Å²) in [5.74, 6) is 0. The number of rotatable bonds is 5. The number of hydrogen-bond acceptors (Lipinski definition) is 2. The van der Waals surface area contributed by atoms with E-state index in [9.17, 15) is 4.79 Å². The summed E-state index contributed by atoms with van der Waals surface area (Å²) in [5, 5.41) is 4.04. The molecule has 0 radical (unpaired) electrons. The molecule has 1 unspecified atom stereocenters. The molecule has 0 aliphatic carbocycles. The lowest BCUT2D eigenvalue weighted by atomic mass is 10.1. The van der Waals surface area contributed by atoms with Gasteiger partial charge in [-0.2, -0.15) is 0 Å². The van der Waals surface area contributed by atoms with Crippen LogP contribution < -0.4 is 5.32 Å². The third-order valence-corrected chi connectivity index (χ3v) is 4.29. The van der Waals surface area contributed by atoms with Gasteiger partial charge < -0.3 is 10.2 Å². The largest absolute Gasteiger partial charge is 0.338 e. The summed E-state index contributed by atoms with van der Waals surface area (Å²) in [6, 6.07) is 8.86. The molecule has 0 saturated carbocycles. The van der Waals surface area contributed by atoms with E-state index in [2.05, 4.69) is 10.3 Å². The molecule has 2 rings (SSSR count). The zero-order valence-electron chi connectivity index (χ0n) is 13.1. The van der Waals surface area contributed by atoms with E-state index in [1.807, 2.05) is 25.1 Å². The summed E-state index contributed by atoms with van der Waals surface area (Å²) in [4.78, 5) is 17.9. The van der Waals surface area contributed by atoms with E-state index < -0.39 is 0 Å². The Hall–Kier alpha value is -1.78. The first-order valence-electron chi connectivity index (χ1n) is 7.33. The first-order valence-corrected chi connectivity index (χ1v) is 8.09.